The third-order valence-electron chi connectivity index (χ3n) is 2.60. The number of rotatable bonds is 8. The normalized spacial score (nSPS) is 12.6. The van der Waals surface area contributed by atoms with E-state index in [1.807, 2.05) is 25.1 Å². The molecular formula is C13H17N3O2. The number of nitrogens with zero attached hydrogens (tertiary/aromatic N) is 3. The lowest BCUT2D eigenvalue weighted by atomic mass is 9.80. The average molecular weight is 247 g/mol. The predicted molar refractivity (Wildman–Crippen MR) is 63.6 cm³/mol. The molecule has 0 bridgehead atoms. The van der Waals surface area contributed by atoms with E-state index in [4.69, 9.17) is 15.3 Å². The summed E-state index contributed by atoms with van der Waals surface area (Å²) in [5.41, 5.74) is -1.28. The predicted octanol–water partition coefficient (Wildman–Crippen LogP) is 2.45. The Hall–Kier alpha value is -2.06. The van der Waals surface area contributed by atoms with Crippen LogP contribution in [0.15, 0.2) is 0 Å². The SMILES string of the molecule is CCCOC(=O)C(C#N)(CCC#N)CCCC#N. The second-order valence-corrected chi connectivity index (χ2v) is 4.00. The van der Waals surface area contributed by atoms with Crippen molar-refractivity contribution < 1.29 is 9.53 Å². The van der Waals surface area contributed by atoms with Crippen molar-refractivity contribution in [3.05, 3.63) is 0 Å². The molecule has 5 nitrogen and oxygen atoms in total. The van der Waals surface area contributed by atoms with Gasteiger partial charge in [0.05, 0.1) is 24.8 Å². The molecule has 0 aliphatic carbocycles. The Bertz CT molecular complexity index is 387. The molecule has 0 saturated heterocycles. The number of esters is 1. The zero-order valence-corrected chi connectivity index (χ0v) is 10.6. The van der Waals surface area contributed by atoms with E-state index in [-0.39, 0.29) is 32.3 Å². The molecule has 0 aromatic rings. The Morgan fingerprint density at radius 1 is 1.17 bits per heavy atom. The van der Waals surface area contributed by atoms with Crippen LogP contribution in [0.1, 0.15) is 45.4 Å². The van der Waals surface area contributed by atoms with Crippen molar-refractivity contribution in [3.63, 3.8) is 0 Å². The Balaban J connectivity index is 4.76. The van der Waals surface area contributed by atoms with E-state index in [1.165, 1.54) is 0 Å². The summed E-state index contributed by atoms with van der Waals surface area (Å²) in [6, 6.07) is 5.89. The minimum absolute atomic E-state index is 0.126. The molecule has 0 aromatic heterocycles. The van der Waals surface area contributed by atoms with Crippen molar-refractivity contribution in [2.75, 3.05) is 6.61 Å². The first-order chi connectivity index (χ1) is 8.66. The third-order valence-corrected chi connectivity index (χ3v) is 2.60. The van der Waals surface area contributed by atoms with Gasteiger partial charge >= 0.3 is 5.97 Å². The fraction of sp³-hybridized carbons (Fsp3) is 0.692. The van der Waals surface area contributed by atoms with Crippen LogP contribution in [-0.2, 0) is 9.53 Å². The van der Waals surface area contributed by atoms with E-state index in [9.17, 15) is 10.1 Å². The number of hydrogen-bond donors (Lipinski definition) is 0. The molecule has 0 radical (unpaired) electrons. The molecule has 0 fully saturated rings. The highest BCUT2D eigenvalue weighted by Crippen LogP contribution is 2.31. The number of unbranched alkanes of at least 4 members (excludes halogenated alkanes) is 1. The molecule has 1 atom stereocenters. The lowest BCUT2D eigenvalue weighted by molar-refractivity contribution is -0.153. The van der Waals surface area contributed by atoms with Crippen molar-refractivity contribution in [2.24, 2.45) is 5.41 Å². The van der Waals surface area contributed by atoms with Crippen LogP contribution in [0.5, 0.6) is 0 Å². The van der Waals surface area contributed by atoms with Gasteiger partial charge in [-0.1, -0.05) is 6.92 Å². The van der Waals surface area contributed by atoms with Crippen LogP contribution in [-0.4, -0.2) is 12.6 Å². The summed E-state index contributed by atoms with van der Waals surface area (Å²) in [4.78, 5) is 11.9. The molecule has 18 heavy (non-hydrogen) atoms. The second-order valence-electron chi connectivity index (χ2n) is 4.00. The van der Waals surface area contributed by atoms with Crippen molar-refractivity contribution >= 4 is 5.97 Å². The van der Waals surface area contributed by atoms with Gasteiger partial charge in [0, 0.05) is 12.8 Å². The summed E-state index contributed by atoms with van der Waals surface area (Å²) in [5.74, 6) is -0.569. The number of hydrogen-bond acceptors (Lipinski definition) is 5. The van der Waals surface area contributed by atoms with Crippen molar-refractivity contribution in [1.82, 2.24) is 0 Å². The highest BCUT2D eigenvalue weighted by Gasteiger charge is 2.39. The zero-order chi connectivity index (χ0) is 13.9. The Morgan fingerprint density at radius 3 is 2.33 bits per heavy atom. The maximum absolute atomic E-state index is 11.9. The van der Waals surface area contributed by atoms with Crippen LogP contribution in [0.3, 0.4) is 0 Å². The van der Waals surface area contributed by atoms with Crippen LogP contribution in [0, 0.1) is 39.4 Å². The lowest BCUT2D eigenvalue weighted by Gasteiger charge is -2.23. The maximum atomic E-state index is 11.9. The largest absolute Gasteiger partial charge is 0.465 e. The smallest absolute Gasteiger partial charge is 0.326 e. The van der Waals surface area contributed by atoms with E-state index >= 15 is 0 Å². The van der Waals surface area contributed by atoms with E-state index in [2.05, 4.69) is 0 Å². The molecule has 0 aliphatic heterocycles. The minimum Gasteiger partial charge on any atom is -0.465 e. The second kappa shape index (κ2) is 9.02. The van der Waals surface area contributed by atoms with Crippen LogP contribution in [0.4, 0.5) is 0 Å². The van der Waals surface area contributed by atoms with Gasteiger partial charge in [-0.05, 0) is 25.7 Å². The van der Waals surface area contributed by atoms with E-state index in [0.717, 1.165) is 0 Å². The first-order valence-electron chi connectivity index (χ1n) is 5.99. The van der Waals surface area contributed by atoms with Crippen molar-refractivity contribution in [1.29, 1.82) is 15.8 Å². The van der Waals surface area contributed by atoms with E-state index in [1.54, 1.807) is 0 Å². The summed E-state index contributed by atoms with van der Waals surface area (Å²) < 4.78 is 5.02. The summed E-state index contributed by atoms with van der Waals surface area (Å²) in [7, 11) is 0. The number of ether oxygens (including phenoxy) is 1. The van der Waals surface area contributed by atoms with Crippen LogP contribution in [0.25, 0.3) is 0 Å². The molecule has 0 aromatic carbocycles. The summed E-state index contributed by atoms with van der Waals surface area (Å²) in [6.45, 7) is 2.14. The minimum atomic E-state index is -1.28. The number of carbonyl (C=O) groups is 1. The van der Waals surface area contributed by atoms with Gasteiger partial charge in [-0.15, -0.1) is 0 Å². The fourth-order valence-electron chi connectivity index (χ4n) is 1.56. The molecule has 96 valence electrons. The quantitative estimate of drug-likeness (QED) is 0.484. The zero-order valence-electron chi connectivity index (χ0n) is 10.6. The van der Waals surface area contributed by atoms with Gasteiger partial charge in [-0.2, -0.15) is 15.8 Å². The summed E-state index contributed by atoms with van der Waals surface area (Å²) >= 11 is 0. The molecule has 0 spiro atoms. The topological polar surface area (TPSA) is 97.7 Å². The average Bonchev–Trinajstić information content (AvgIpc) is 2.40. The molecular weight excluding hydrogens is 230 g/mol. The molecule has 0 saturated carbocycles. The van der Waals surface area contributed by atoms with E-state index in [0.29, 0.717) is 12.8 Å². The number of carbonyl (C=O) groups excluding carboxylic acids is 1. The van der Waals surface area contributed by atoms with Crippen LogP contribution >= 0.6 is 0 Å². The monoisotopic (exact) mass is 247 g/mol. The van der Waals surface area contributed by atoms with Gasteiger partial charge in [0.2, 0.25) is 0 Å². The maximum Gasteiger partial charge on any atom is 0.326 e. The molecule has 0 N–H and O–H groups in total. The van der Waals surface area contributed by atoms with Gasteiger partial charge < -0.3 is 4.74 Å². The number of nitriles is 3. The van der Waals surface area contributed by atoms with Crippen molar-refractivity contribution in [2.45, 2.75) is 45.4 Å². The Morgan fingerprint density at radius 2 is 1.83 bits per heavy atom. The molecule has 5 heteroatoms. The molecule has 0 heterocycles. The fourth-order valence-corrected chi connectivity index (χ4v) is 1.56. The van der Waals surface area contributed by atoms with Gasteiger partial charge in [0.15, 0.2) is 5.41 Å². The first kappa shape index (κ1) is 15.9. The molecule has 0 aliphatic rings. The third kappa shape index (κ3) is 4.85. The van der Waals surface area contributed by atoms with Crippen LogP contribution in [0.2, 0.25) is 0 Å². The van der Waals surface area contributed by atoms with Gasteiger partial charge in [0.1, 0.15) is 0 Å². The highest BCUT2D eigenvalue weighted by molar-refractivity contribution is 5.80. The standard InChI is InChI=1S/C13H17N3O2/c1-2-10-18-12(17)13(11-16,7-5-9-15)6-3-4-8-14/h2-7,10H2,1H3. The molecule has 1 unspecified atom stereocenters. The Labute approximate surface area is 108 Å². The van der Waals surface area contributed by atoms with Crippen molar-refractivity contribution in [3.8, 4) is 18.2 Å². The first-order valence-corrected chi connectivity index (χ1v) is 5.99. The highest BCUT2D eigenvalue weighted by atomic mass is 16.5. The van der Waals surface area contributed by atoms with Gasteiger partial charge in [-0.3, -0.25) is 4.79 Å². The van der Waals surface area contributed by atoms with Gasteiger partial charge in [0.25, 0.3) is 0 Å². The van der Waals surface area contributed by atoms with Crippen LogP contribution < -0.4 is 0 Å². The summed E-state index contributed by atoms with van der Waals surface area (Å²) in [6.07, 6.45) is 1.98. The van der Waals surface area contributed by atoms with Gasteiger partial charge in [-0.25, -0.2) is 0 Å². The Kier molecular flexibility index (Phi) is 7.99. The lowest BCUT2D eigenvalue weighted by Crippen LogP contribution is -2.32. The van der Waals surface area contributed by atoms with E-state index < -0.39 is 11.4 Å². The molecule has 0 rings (SSSR count). The molecule has 0 amide bonds. The summed E-state index contributed by atoms with van der Waals surface area (Å²) in [5, 5.41) is 26.3.